The van der Waals surface area contributed by atoms with Gasteiger partial charge in [0.15, 0.2) is 0 Å². The number of phenolic OH excluding ortho intramolecular Hbond substituents is 1. The summed E-state index contributed by atoms with van der Waals surface area (Å²) in [5, 5.41) is 14.4. The summed E-state index contributed by atoms with van der Waals surface area (Å²) in [5.74, 6) is 0.0814. The quantitative estimate of drug-likeness (QED) is 0.454. The van der Waals surface area contributed by atoms with Crippen LogP contribution >= 0.6 is 22.9 Å². The van der Waals surface area contributed by atoms with Crippen LogP contribution in [0.2, 0.25) is 5.02 Å². The van der Waals surface area contributed by atoms with Crippen LogP contribution in [0.5, 0.6) is 5.75 Å². The number of thiophene rings is 1. The highest BCUT2D eigenvalue weighted by Crippen LogP contribution is 2.43. The van der Waals surface area contributed by atoms with Crippen LogP contribution in [0.3, 0.4) is 0 Å². The Hall–Kier alpha value is -2.34. The second-order valence-electron chi connectivity index (χ2n) is 7.29. The highest BCUT2D eigenvalue weighted by atomic mass is 35.5. The molecule has 2 aromatic carbocycles. The van der Waals surface area contributed by atoms with Gasteiger partial charge in [0.05, 0.1) is 10.5 Å². The number of rotatable bonds is 3. The fourth-order valence-electron chi connectivity index (χ4n) is 3.38. The first-order valence-corrected chi connectivity index (χ1v) is 9.85. The molecule has 27 heavy (non-hydrogen) atoms. The molecule has 6 heteroatoms. The molecule has 0 aliphatic carbocycles. The molecule has 0 aliphatic rings. The number of pyridine rings is 1. The lowest BCUT2D eigenvalue weighted by Crippen LogP contribution is -2.27. The van der Waals surface area contributed by atoms with E-state index in [9.17, 15) is 9.90 Å². The number of aromatic amines is 1. The van der Waals surface area contributed by atoms with Crippen molar-refractivity contribution in [2.75, 3.05) is 6.54 Å². The summed E-state index contributed by atoms with van der Waals surface area (Å²) < 4.78 is 0.617. The molecule has 0 atom stereocenters. The molecule has 0 spiro atoms. The number of phenols is 1. The van der Waals surface area contributed by atoms with Crippen LogP contribution < -0.4 is 11.3 Å². The van der Waals surface area contributed by atoms with Crippen LogP contribution in [0.4, 0.5) is 0 Å². The van der Waals surface area contributed by atoms with E-state index in [2.05, 4.69) is 18.8 Å². The SMILES string of the molecule is CC(C)(CN)c1ccc(-c2c(O)cc(Cl)c3[nH]c(=O)c4sccc4c23)cc1. The molecule has 4 N–H and O–H groups in total. The second-order valence-corrected chi connectivity index (χ2v) is 8.61. The van der Waals surface area contributed by atoms with E-state index >= 15 is 0 Å². The topological polar surface area (TPSA) is 79.1 Å². The molecule has 0 saturated heterocycles. The fourth-order valence-corrected chi connectivity index (χ4v) is 4.42. The molecule has 2 aromatic heterocycles. The zero-order valence-corrected chi connectivity index (χ0v) is 16.5. The molecule has 138 valence electrons. The van der Waals surface area contributed by atoms with Crippen molar-refractivity contribution in [1.82, 2.24) is 4.98 Å². The summed E-state index contributed by atoms with van der Waals surface area (Å²) in [6, 6.07) is 11.4. The molecular weight excluding hydrogens is 380 g/mol. The van der Waals surface area contributed by atoms with Crippen LogP contribution in [0.1, 0.15) is 19.4 Å². The Bertz CT molecular complexity index is 1220. The average molecular weight is 399 g/mol. The van der Waals surface area contributed by atoms with Crippen LogP contribution in [0, 0.1) is 0 Å². The van der Waals surface area contributed by atoms with E-state index in [1.165, 1.54) is 17.4 Å². The Morgan fingerprint density at radius 2 is 1.93 bits per heavy atom. The van der Waals surface area contributed by atoms with Gasteiger partial charge in [0, 0.05) is 34.4 Å². The summed E-state index contributed by atoms with van der Waals surface area (Å²) >= 11 is 7.70. The predicted octanol–water partition coefficient (Wildman–Crippen LogP) is 5.01. The van der Waals surface area contributed by atoms with Gasteiger partial charge in [0.2, 0.25) is 0 Å². The van der Waals surface area contributed by atoms with Crippen LogP contribution in [-0.4, -0.2) is 16.6 Å². The smallest absolute Gasteiger partial charge is 0.266 e. The van der Waals surface area contributed by atoms with Crippen molar-refractivity contribution in [2.24, 2.45) is 5.73 Å². The normalized spacial score (nSPS) is 12.1. The third kappa shape index (κ3) is 2.83. The minimum absolute atomic E-state index is 0.0814. The lowest BCUT2D eigenvalue weighted by Gasteiger charge is -2.23. The molecule has 4 rings (SSSR count). The van der Waals surface area contributed by atoms with Gasteiger partial charge < -0.3 is 15.8 Å². The molecule has 4 aromatic rings. The number of nitrogens with one attached hydrogen (secondary N) is 1. The van der Waals surface area contributed by atoms with Crippen molar-refractivity contribution in [3.63, 3.8) is 0 Å². The lowest BCUT2D eigenvalue weighted by atomic mass is 9.84. The Kier molecular flexibility index (Phi) is 4.26. The van der Waals surface area contributed by atoms with Crippen LogP contribution in [-0.2, 0) is 5.41 Å². The van der Waals surface area contributed by atoms with Crippen LogP contribution in [0.25, 0.3) is 32.1 Å². The number of aromatic hydroxyl groups is 1. The summed E-state index contributed by atoms with van der Waals surface area (Å²) in [6.45, 7) is 4.73. The number of halogens is 1. The first kappa shape index (κ1) is 18.0. The Morgan fingerprint density at radius 3 is 2.59 bits per heavy atom. The van der Waals surface area contributed by atoms with Gasteiger partial charge in [-0.2, -0.15) is 0 Å². The summed E-state index contributed by atoms with van der Waals surface area (Å²) in [6.07, 6.45) is 0. The maximum absolute atomic E-state index is 12.3. The molecule has 0 fully saturated rings. The molecule has 0 amide bonds. The Labute approximate surface area is 165 Å². The minimum Gasteiger partial charge on any atom is -0.507 e. The van der Waals surface area contributed by atoms with Gasteiger partial charge in [0.1, 0.15) is 10.4 Å². The lowest BCUT2D eigenvalue weighted by molar-refractivity contribution is 0.478. The van der Waals surface area contributed by atoms with E-state index in [0.29, 0.717) is 27.3 Å². The standard InChI is InChI=1S/C21H19ClN2O2S/c1-21(2,10-23)12-5-3-11(4-6-12)16-15(25)9-14(22)18-17(16)13-7-8-27-19(13)20(26)24-18/h3-9,25H,10,23H2,1-2H3,(H,24,26). The summed E-state index contributed by atoms with van der Waals surface area (Å²) in [4.78, 5) is 15.2. The second kappa shape index (κ2) is 6.37. The van der Waals surface area contributed by atoms with E-state index < -0.39 is 0 Å². The van der Waals surface area contributed by atoms with Crippen molar-refractivity contribution in [1.29, 1.82) is 0 Å². The minimum atomic E-state index is -0.175. The highest BCUT2D eigenvalue weighted by molar-refractivity contribution is 7.17. The molecule has 0 unspecified atom stereocenters. The molecule has 0 radical (unpaired) electrons. The summed E-state index contributed by atoms with van der Waals surface area (Å²) in [5.41, 5.74) is 8.74. The maximum atomic E-state index is 12.3. The number of aromatic nitrogens is 1. The van der Waals surface area contributed by atoms with Crippen molar-refractivity contribution in [2.45, 2.75) is 19.3 Å². The number of H-pyrrole nitrogens is 1. The molecule has 0 saturated carbocycles. The number of nitrogens with two attached hydrogens (primary N) is 1. The molecule has 2 heterocycles. The molecular formula is C21H19ClN2O2S. The van der Waals surface area contributed by atoms with Crippen molar-refractivity contribution in [3.8, 4) is 16.9 Å². The predicted molar refractivity (Wildman–Crippen MR) is 114 cm³/mol. The molecule has 0 aliphatic heterocycles. The zero-order chi connectivity index (χ0) is 19.3. The number of hydrogen-bond donors (Lipinski definition) is 3. The average Bonchev–Trinajstić information content (AvgIpc) is 3.14. The number of hydrogen-bond acceptors (Lipinski definition) is 4. The van der Waals surface area contributed by atoms with E-state index in [0.717, 1.165) is 21.9 Å². The van der Waals surface area contributed by atoms with Crippen molar-refractivity contribution >= 4 is 43.9 Å². The zero-order valence-electron chi connectivity index (χ0n) is 15.0. The molecule has 4 nitrogen and oxygen atoms in total. The van der Waals surface area contributed by atoms with Gasteiger partial charge >= 0.3 is 0 Å². The van der Waals surface area contributed by atoms with E-state index in [1.807, 2.05) is 35.7 Å². The fraction of sp³-hybridized carbons (Fsp3) is 0.190. The van der Waals surface area contributed by atoms with Gasteiger partial charge in [-0.15, -0.1) is 11.3 Å². The van der Waals surface area contributed by atoms with E-state index in [4.69, 9.17) is 17.3 Å². The number of benzene rings is 2. The van der Waals surface area contributed by atoms with Gasteiger partial charge in [-0.3, -0.25) is 4.79 Å². The van der Waals surface area contributed by atoms with Crippen molar-refractivity contribution in [3.05, 3.63) is 62.7 Å². The third-order valence-electron chi connectivity index (χ3n) is 5.10. The van der Waals surface area contributed by atoms with Gasteiger partial charge in [-0.1, -0.05) is 49.7 Å². The summed E-state index contributed by atoms with van der Waals surface area (Å²) in [7, 11) is 0. The molecule has 0 bridgehead atoms. The van der Waals surface area contributed by atoms with Gasteiger partial charge in [-0.25, -0.2) is 0 Å². The van der Waals surface area contributed by atoms with E-state index in [-0.39, 0.29) is 16.7 Å². The highest BCUT2D eigenvalue weighted by Gasteiger charge is 2.21. The van der Waals surface area contributed by atoms with Crippen molar-refractivity contribution < 1.29 is 5.11 Å². The Balaban J connectivity index is 2.05. The maximum Gasteiger partial charge on any atom is 0.266 e. The van der Waals surface area contributed by atoms with Crippen LogP contribution in [0.15, 0.2) is 46.6 Å². The third-order valence-corrected chi connectivity index (χ3v) is 6.31. The van der Waals surface area contributed by atoms with Gasteiger partial charge in [-0.05, 0) is 22.6 Å². The monoisotopic (exact) mass is 398 g/mol. The van der Waals surface area contributed by atoms with Gasteiger partial charge in [0.25, 0.3) is 5.56 Å². The Morgan fingerprint density at radius 1 is 1.22 bits per heavy atom. The largest absolute Gasteiger partial charge is 0.507 e. The van der Waals surface area contributed by atoms with E-state index in [1.54, 1.807) is 0 Å². The first-order valence-electron chi connectivity index (χ1n) is 8.59. The first-order chi connectivity index (χ1) is 12.8. The number of fused-ring (bicyclic) bond motifs is 3.